The SMILES string of the molecule is C1=Cc2cc3ccccc3[o+]c2C1.F[B-](F)(F)F. The Kier molecular flexibility index (Phi) is 3.36. The number of para-hydroxylation sites is 1. The molecule has 0 bridgehead atoms. The number of hydrogen-bond donors (Lipinski definition) is 0. The smallest absolute Gasteiger partial charge is 0.418 e. The van der Waals surface area contributed by atoms with Gasteiger partial charge in [0.1, 0.15) is 0 Å². The number of allylic oxidation sites excluding steroid dienone is 1. The molecule has 1 heterocycles. The molecule has 0 amide bonds. The van der Waals surface area contributed by atoms with Crippen LogP contribution in [0.2, 0.25) is 0 Å². The molecule has 3 rings (SSSR count). The molecule has 0 atom stereocenters. The van der Waals surface area contributed by atoms with Crippen LogP contribution in [0, 0.1) is 0 Å². The number of halogens is 4. The molecule has 6 heteroatoms. The van der Waals surface area contributed by atoms with Crippen LogP contribution in [0.1, 0.15) is 11.3 Å². The maximum atomic E-state index is 9.75. The average Bonchev–Trinajstić information content (AvgIpc) is 2.70. The molecule has 0 aliphatic heterocycles. The highest BCUT2D eigenvalue weighted by Gasteiger charge is 2.20. The predicted octanol–water partition coefficient (Wildman–Crippen LogP) is 4.58. The van der Waals surface area contributed by atoms with Crippen molar-refractivity contribution >= 4 is 24.3 Å². The first-order valence-electron chi connectivity index (χ1n) is 5.32. The Bertz CT molecular complexity index is 586. The second-order valence-corrected chi connectivity index (χ2v) is 3.76. The fraction of sp³-hybridized carbons (Fsp3) is 0.0833. The minimum atomic E-state index is -6.00. The molecule has 1 aliphatic rings. The van der Waals surface area contributed by atoms with E-state index in [-0.39, 0.29) is 0 Å². The van der Waals surface area contributed by atoms with Crippen molar-refractivity contribution in [2.45, 2.75) is 6.42 Å². The summed E-state index contributed by atoms with van der Waals surface area (Å²) in [6.45, 7) is 0. The lowest BCUT2D eigenvalue weighted by molar-refractivity contribution is 0.368. The highest BCUT2D eigenvalue weighted by molar-refractivity contribution is 6.50. The zero-order valence-corrected chi connectivity index (χ0v) is 9.25. The molecule has 0 saturated heterocycles. The number of hydrogen-bond acceptors (Lipinski definition) is 0. The molecule has 0 radical (unpaired) electrons. The normalized spacial score (nSPS) is 13.1. The van der Waals surface area contributed by atoms with Gasteiger partial charge in [-0.1, -0.05) is 18.2 Å². The number of fused-ring (bicyclic) bond motifs is 2. The maximum Gasteiger partial charge on any atom is 0.673 e. The quantitative estimate of drug-likeness (QED) is 0.381. The van der Waals surface area contributed by atoms with Crippen molar-refractivity contribution in [2.24, 2.45) is 0 Å². The molecule has 1 aromatic carbocycles. The molecule has 0 saturated carbocycles. The fourth-order valence-electron chi connectivity index (χ4n) is 1.73. The van der Waals surface area contributed by atoms with Gasteiger partial charge in [-0.2, -0.15) is 0 Å². The second-order valence-electron chi connectivity index (χ2n) is 3.76. The van der Waals surface area contributed by atoms with Gasteiger partial charge in [0.05, 0.1) is 17.4 Å². The third-order valence-electron chi connectivity index (χ3n) is 2.39. The number of rotatable bonds is 0. The van der Waals surface area contributed by atoms with Gasteiger partial charge in [0, 0.05) is 6.07 Å². The Balaban J connectivity index is 0.000000209. The highest BCUT2D eigenvalue weighted by atomic mass is 19.5. The molecule has 1 aliphatic carbocycles. The van der Waals surface area contributed by atoms with E-state index in [1.165, 1.54) is 10.9 Å². The predicted molar refractivity (Wildman–Crippen MR) is 63.5 cm³/mol. The van der Waals surface area contributed by atoms with Crippen molar-refractivity contribution < 1.29 is 21.7 Å². The minimum Gasteiger partial charge on any atom is -0.418 e. The lowest BCUT2D eigenvalue weighted by Crippen LogP contribution is -2.02. The lowest BCUT2D eigenvalue weighted by atomic mass is 10.1. The van der Waals surface area contributed by atoms with E-state index in [0.717, 1.165) is 17.8 Å². The molecule has 18 heavy (non-hydrogen) atoms. The molecule has 0 spiro atoms. The van der Waals surface area contributed by atoms with Crippen LogP contribution in [0.5, 0.6) is 0 Å². The standard InChI is InChI=1S/C12H9O.BF4/c1-2-6-11-9(4-1)8-10-5-3-7-12(10)13-11;2-1(3,4)5/h1-6,8H,7H2;/q+1;-1. The van der Waals surface area contributed by atoms with Gasteiger partial charge in [0.15, 0.2) is 0 Å². The summed E-state index contributed by atoms with van der Waals surface area (Å²) >= 11 is 0. The Hall–Kier alpha value is -1.85. The summed E-state index contributed by atoms with van der Waals surface area (Å²) in [5.74, 6) is 1.08. The van der Waals surface area contributed by atoms with Gasteiger partial charge in [-0.15, -0.1) is 0 Å². The van der Waals surface area contributed by atoms with E-state index in [4.69, 9.17) is 4.42 Å². The van der Waals surface area contributed by atoms with Crippen LogP contribution in [-0.4, -0.2) is 7.25 Å². The summed E-state index contributed by atoms with van der Waals surface area (Å²) in [6.07, 6.45) is 5.18. The first kappa shape index (κ1) is 12.6. The lowest BCUT2D eigenvalue weighted by Gasteiger charge is -1.94. The summed E-state index contributed by atoms with van der Waals surface area (Å²) < 4.78 is 44.7. The molecule has 0 fully saturated rings. The van der Waals surface area contributed by atoms with Crippen LogP contribution < -0.4 is 0 Å². The molecule has 1 nitrogen and oxygen atoms in total. The van der Waals surface area contributed by atoms with Crippen LogP contribution in [0.15, 0.2) is 40.8 Å². The monoisotopic (exact) mass is 256 g/mol. The first-order chi connectivity index (χ1) is 8.43. The van der Waals surface area contributed by atoms with E-state index in [9.17, 15) is 17.3 Å². The average molecular weight is 256 g/mol. The molecule has 2 aromatic rings. The molecule has 94 valence electrons. The summed E-state index contributed by atoms with van der Waals surface area (Å²) in [5.41, 5.74) is 2.20. The molecular weight excluding hydrogens is 247 g/mol. The van der Waals surface area contributed by atoms with Crippen molar-refractivity contribution in [2.75, 3.05) is 0 Å². The zero-order valence-electron chi connectivity index (χ0n) is 9.25. The van der Waals surface area contributed by atoms with Crippen LogP contribution >= 0.6 is 0 Å². The molecule has 1 aromatic heterocycles. The van der Waals surface area contributed by atoms with Gasteiger partial charge in [-0.05, 0) is 18.2 Å². The van der Waals surface area contributed by atoms with Gasteiger partial charge in [-0.3, -0.25) is 0 Å². The molecule has 0 unspecified atom stereocenters. The van der Waals surface area contributed by atoms with Crippen molar-refractivity contribution in [3.05, 3.63) is 47.7 Å². The molecular formula is C12H9BF4O. The van der Waals surface area contributed by atoms with Gasteiger partial charge >= 0.3 is 18.6 Å². The summed E-state index contributed by atoms with van der Waals surface area (Å²) in [4.78, 5) is 0. The van der Waals surface area contributed by atoms with E-state index in [1.807, 2.05) is 18.2 Å². The van der Waals surface area contributed by atoms with Gasteiger partial charge in [0.25, 0.3) is 0 Å². The van der Waals surface area contributed by atoms with E-state index in [0.29, 0.717) is 0 Å². The van der Waals surface area contributed by atoms with E-state index < -0.39 is 7.25 Å². The van der Waals surface area contributed by atoms with Crippen LogP contribution in [0.25, 0.3) is 17.0 Å². The minimum absolute atomic E-state index is 0.931. The van der Waals surface area contributed by atoms with Crippen LogP contribution in [-0.2, 0) is 6.42 Å². The Labute approximate surface area is 101 Å². The van der Waals surface area contributed by atoms with Crippen LogP contribution in [0.3, 0.4) is 0 Å². The summed E-state index contributed by atoms with van der Waals surface area (Å²) in [6, 6.07) is 10.3. The number of benzene rings is 1. The Morgan fingerprint density at radius 2 is 1.72 bits per heavy atom. The van der Waals surface area contributed by atoms with E-state index in [1.54, 1.807) is 0 Å². The third-order valence-corrected chi connectivity index (χ3v) is 2.39. The third kappa shape index (κ3) is 3.32. The Morgan fingerprint density at radius 1 is 1.06 bits per heavy atom. The van der Waals surface area contributed by atoms with Crippen molar-refractivity contribution in [3.8, 4) is 0 Å². The van der Waals surface area contributed by atoms with Gasteiger partial charge in [0.2, 0.25) is 0 Å². The summed E-state index contributed by atoms with van der Waals surface area (Å²) in [7, 11) is -6.00. The van der Waals surface area contributed by atoms with Crippen molar-refractivity contribution in [1.29, 1.82) is 0 Å². The highest BCUT2D eigenvalue weighted by Crippen LogP contribution is 2.25. The van der Waals surface area contributed by atoms with Gasteiger partial charge in [-0.25, -0.2) is 4.42 Å². The van der Waals surface area contributed by atoms with E-state index in [2.05, 4.69) is 24.3 Å². The Morgan fingerprint density at radius 3 is 2.44 bits per heavy atom. The largest absolute Gasteiger partial charge is 0.673 e. The van der Waals surface area contributed by atoms with E-state index >= 15 is 0 Å². The van der Waals surface area contributed by atoms with Crippen LogP contribution in [0.4, 0.5) is 17.3 Å². The zero-order chi connectivity index (χ0) is 13.2. The van der Waals surface area contributed by atoms with Gasteiger partial charge < -0.3 is 17.3 Å². The first-order valence-corrected chi connectivity index (χ1v) is 5.32. The maximum absolute atomic E-state index is 9.75. The second kappa shape index (κ2) is 4.80. The van der Waals surface area contributed by atoms with Crippen molar-refractivity contribution in [3.63, 3.8) is 0 Å². The molecule has 0 N–H and O–H groups in total. The summed E-state index contributed by atoms with van der Waals surface area (Å²) in [5, 5.41) is 1.17. The fourth-order valence-corrected chi connectivity index (χ4v) is 1.73. The topological polar surface area (TPSA) is 11.3 Å². The van der Waals surface area contributed by atoms with Crippen molar-refractivity contribution in [1.82, 2.24) is 0 Å².